The zero-order chi connectivity index (χ0) is 31.0. The summed E-state index contributed by atoms with van der Waals surface area (Å²) in [6.45, 7) is 5.22. The minimum absolute atomic E-state index is 0.0105. The van der Waals surface area contributed by atoms with E-state index in [4.69, 9.17) is 10.7 Å². The Morgan fingerprint density at radius 2 is 1.68 bits per heavy atom. The number of aromatic hydroxyl groups is 1. The maximum atomic E-state index is 13.4. The Balaban J connectivity index is 1.23. The number of carbonyl (C=O) groups is 2. The summed E-state index contributed by atoms with van der Waals surface area (Å²) < 4.78 is 13.4. The number of H-pyrrole nitrogens is 1. The lowest BCUT2D eigenvalue weighted by molar-refractivity contribution is -0.135. The van der Waals surface area contributed by atoms with Gasteiger partial charge in [-0.3, -0.25) is 19.7 Å². The van der Waals surface area contributed by atoms with Crippen molar-refractivity contribution in [3.8, 4) is 28.0 Å². The van der Waals surface area contributed by atoms with E-state index in [1.807, 2.05) is 36.9 Å². The fourth-order valence-electron chi connectivity index (χ4n) is 5.66. The van der Waals surface area contributed by atoms with Crippen molar-refractivity contribution >= 4 is 34.4 Å². The van der Waals surface area contributed by atoms with Gasteiger partial charge in [-0.25, -0.2) is 9.37 Å². The van der Waals surface area contributed by atoms with Crippen LogP contribution in [-0.4, -0.2) is 55.1 Å². The van der Waals surface area contributed by atoms with Crippen molar-refractivity contribution in [2.75, 3.05) is 24.1 Å². The second-order valence-corrected chi connectivity index (χ2v) is 11.3. The molecule has 1 aliphatic rings. The topological polar surface area (TPSA) is 150 Å². The molecule has 3 aromatic heterocycles. The van der Waals surface area contributed by atoms with E-state index in [1.165, 1.54) is 36.7 Å². The normalized spacial score (nSPS) is 13.9. The number of benzene rings is 2. The van der Waals surface area contributed by atoms with Crippen molar-refractivity contribution in [3.63, 3.8) is 0 Å². The third-order valence-electron chi connectivity index (χ3n) is 8.07. The summed E-state index contributed by atoms with van der Waals surface area (Å²) in [7, 11) is 0. The molecule has 5 N–H and O–H groups in total. The molecule has 0 spiro atoms. The number of pyridine rings is 2. The summed E-state index contributed by atoms with van der Waals surface area (Å²) in [5, 5.41) is 21.5. The standard InChI is InChI=1S/C33H32FN7O3/c1-18(2)33(44)41-13-11-21(12-14-41)27-15-24(28-30(35)39-40-31(28)38-27)19-5-9-23(10-6-19)37-32(43)26-17-36-16-25(29(26)42)20-3-7-22(34)8-4-20/h3-10,15-18,21H,11-14H2,1-2H3,(H,36,42)(H,37,43)(H3,35,38,39,40). The Kier molecular flexibility index (Phi) is 7.69. The quantitative estimate of drug-likeness (QED) is 0.196. The predicted molar refractivity (Wildman–Crippen MR) is 166 cm³/mol. The van der Waals surface area contributed by atoms with Crippen LogP contribution in [0.4, 0.5) is 15.9 Å². The number of amides is 2. The number of likely N-dealkylation sites (tertiary alicyclic amines) is 1. The third kappa shape index (κ3) is 5.56. The van der Waals surface area contributed by atoms with Gasteiger partial charge in [-0.05, 0) is 59.9 Å². The maximum absolute atomic E-state index is 13.4. The zero-order valence-electron chi connectivity index (χ0n) is 24.3. The van der Waals surface area contributed by atoms with Gasteiger partial charge < -0.3 is 21.1 Å². The molecule has 0 bridgehead atoms. The van der Waals surface area contributed by atoms with Crippen molar-refractivity contribution in [3.05, 3.63) is 84.1 Å². The SMILES string of the molecule is CC(C)C(=O)N1CCC(c2cc(-c3ccc(NC(=O)c4cncc(-c5ccc(F)cc5)c4O)cc3)c3c(N)n[nH]c3n2)CC1. The van der Waals surface area contributed by atoms with Gasteiger partial charge in [0.05, 0.1) is 5.39 Å². The molecule has 1 saturated heterocycles. The Hall–Kier alpha value is -5.32. The van der Waals surface area contributed by atoms with E-state index in [-0.39, 0.29) is 29.1 Å². The van der Waals surface area contributed by atoms with Gasteiger partial charge in [-0.15, -0.1) is 0 Å². The number of hydrogen-bond acceptors (Lipinski definition) is 7. The second kappa shape index (κ2) is 11.8. The number of piperidine rings is 1. The first-order valence-corrected chi connectivity index (χ1v) is 14.5. The van der Waals surface area contributed by atoms with Crippen LogP contribution in [0.1, 0.15) is 48.7 Å². The van der Waals surface area contributed by atoms with Crippen LogP contribution in [0.3, 0.4) is 0 Å². The van der Waals surface area contributed by atoms with Crippen molar-refractivity contribution in [1.82, 2.24) is 25.1 Å². The number of carbonyl (C=O) groups excluding carboxylic acids is 2. The van der Waals surface area contributed by atoms with Gasteiger partial charge in [0.2, 0.25) is 5.91 Å². The van der Waals surface area contributed by atoms with E-state index in [0.29, 0.717) is 46.8 Å². The predicted octanol–water partition coefficient (Wildman–Crippen LogP) is 5.73. The molecule has 4 heterocycles. The Labute approximate surface area is 253 Å². The van der Waals surface area contributed by atoms with Crippen LogP contribution in [0.25, 0.3) is 33.3 Å². The van der Waals surface area contributed by atoms with Crippen LogP contribution < -0.4 is 11.1 Å². The number of hydrogen-bond donors (Lipinski definition) is 4. The first-order valence-electron chi connectivity index (χ1n) is 14.5. The van der Waals surface area contributed by atoms with Crippen molar-refractivity contribution in [2.45, 2.75) is 32.6 Å². The van der Waals surface area contributed by atoms with Gasteiger partial charge in [0.15, 0.2) is 11.5 Å². The van der Waals surface area contributed by atoms with Gasteiger partial charge in [0, 0.05) is 54.3 Å². The highest BCUT2D eigenvalue weighted by Crippen LogP contribution is 2.37. The van der Waals surface area contributed by atoms with Gasteiger partial charge in [0.25, 0.3) is 5.91 Å². The summed E-state index contributed by atoms with van der Waals surface area (Å²) in [6.07, 6.45) is 4.34. The number of nitrogens with two attached hydrogens (primary N) is 1. The molecule has 44 heavy (non-hydrogen) atoms. The molecule has 0 aliphatic carbocycles. The van der Waals surface area contributed by atoms with E-state index < -0.39 is 11.7 Å². The summed E-state index contributed by atoms with van der Waals surface area (Å²) in [6, 6.07) is 14.9. The Morgan fingerprint density at radius 3 is 2.36 bits per heavy atom. The summed E-state index contributed by atoms with van der Waals surface area (Å²) in [5.74, 6) is -0.519. The molecule has 11 heteroatoms. The molecule has 6 rings (SSSR count). The van der Waals surface area contributed by atoms with E-state index >= 15 is 0 Å². The number of aromatic nitrogens is 4. The van der Waals surface area contributed by atoms with Crippen molar-refractivity contribution < 1.29 is 19.1 Å². The fraction of sp³-hybridized carbons (Fsp3) is 0.242. The van der Waals surface area contributed by atoms with Crippen molar-refractivity contribution in [2.24, 2.45) is 5.92 Å². The number of anilines is 2. The fourth-order valence-corrected chi connectivity index (χ4v) is 5.66. The Bertz CT molecular complexity index is 1840. The molecule has 1 aliphatic heterocycles. The van der Waals surface area contributed by atoms with Gasteiger partial charge in [-0.1, -0.05) is 38.1 Å². The molecule has 224 valence electrons. The molecule has 1 fully saturated rings. The average molecular weight is 594 g/mol. The zero-order valence-corrected chi connectivity index (χ0v) is 24.3. The number of aromatic amines is 1. The molecule has 0 unspecified atom stereocenters. The van der Waals surface area contributed by atoms with Gasteiger partial charge >= 0.3 is 0 Å². The highest BCUT2D eigenvalue weighted by Gasteiger charge is 2.27. The van der Waals surface area contributed by atoms with E-state index in [2.05, 4.69) is 20.5 Å². The van der Waals surface area contributed by atoms with Crippen molar-refractivity contribution in [1.29, 1.82) is 0 Å². The average Bonchev–Trinajstić information content (AvgIpc) is 3.41. The first-order chi connectivity index (χ1) is 21.2. The van der Waals surface area contributed by atoms with Crippen LogP contribution in [-0.2, 0) is 4.79 Å². The smallest absolute Gasteiger partial charge is 0.261 e. The molecular weight excluding hydrogens is 561 g/mol. The number of nitrogens with zero attached hydrogens (tertiary/aromatic N) is 4. The van der Waals surface area contributed by atoms with Crippen LogP contribution in [0, 0.1) is 11.7 Å². The molecule has 0 atom stereocenters. The number of rotatable bonds is 6. The number of nitrogen functional groups attached to an aromatic ring is 1. The third-order valence-corrected chi connectivity index (χ3v) is 8.07. The maximum Gasteiger partial charge on any atom is 0.261 e. The lowest BCUT2D eigenvalue weighted by atomic mass is 9.90. The van der Waals surface area contributed by atoms with Gasteiger partial charge in [-0.2, -0.15) is 5.10 Å². The number of nitrogens with one attached hydrogen (secondary N) is 2. The highest BCUT2D eigenvalue weighted by atomic mass is 19.1. The van der Waals surface area contributed by atoms with E-state index in [1.54, 1.807) is 12.1 Å². The lowest BCUT2D eigenvalue weighted by Crippen LogP contribution is -2.40. The van der Waals surface area contributed by atoms with Crippen LogP contribution in [0.2, 0.25) is 0 Å². The molecule has 0 saturated carbocycles. The first kappa shape index (κ1) is 28.8. The minimum Gasteiger partial charge on any atom is -0.506 e. The van der Waals surface area contributed by atoms with Crippen LogP contribution >= 0.6 is 0 Å². The lowest BCUT2D eigenvalue weighted by Gasteiger charge is -2.33. The van der Waals surface area contributed by atoms with Crippen LogP contribution in [0.5, 0.6) is 5.75 Å². The monoisotopic (exact) mass is 593 g/mol. The molecule has 2 amide bonds. The molecule has 10 nitrogen and oxygen atoms in total. The highest BCUT2D eigenvalue weighted by molar-refractivity contribution is 6.07. The largest absolute Gasteiger partial charge is 0.506 e. The van der Waals surface area contributed by atoms with Gasteiger partial charge in [0.1, 0.15) is 17.1 Å². The van der Waals surface area contributed by atoms with E-state index in [9.17, 15) is 19.1 Å². The summed E-state index contributed by atoms with van der Waals surface area (Å²) >= 11 is 0. The summed E-state index contributed by atoms with van der Waals surface area (Å²) in [4.78, 5) is 36.4. The molecule has 0 radical (unpaired) electrons. The Morgan fingerprint density at radius 1 is 1.02 bits per heavy atom. The number of fused-ring (bicyclic) bond motifs is 1. The number of halogens is 1. The molecular formula is C33H32FN7O3. The molecule has 2 aromatic carbocycles. The summed E-state index contributed by atoms with van der Waals surface area (Å²) in [5.41, 5.74) is 10.8. The minimum atomic E-state index is -0.540. The van der Waals surface area contributed by atoms with E-state index in [0.717, 1.165) is 29.7 Å². The molecule has 5 aromatic rings. The second-order valence-electron chi connectivity index (χ2n) is 11.3. The van der Waals surface area contributed by atoms with Crippen LogP contribution in [0.15, 0.2) is 67.0 Å².